The number of thiazole rings is 1. The molecule has 0 aliphatic carbocycles. The molecule has 1 aliphatic heterocycles. The Labute approximate surface area is 278 Å². The molecule has 1 atom stereocenters. The SMILES string of the molecule is CN(CC[N+](C)(C)C)C(=O)CC1CCCN(c2nc3cc(C(=O)Nc4nc(C(C)(C)C)cs4)ccn3c(=O)c2C=Cc2nn[nH]n2)C1. The molecule has 4 aromatic rings. The molecule has 47 heavy (non-hydrogen) atoms. The molecule has 0 radical (unpaired) electrons. The molecule has 5 rings (SSSR count). The summed E-state index contributed by atoms with van der Waals surface area (Å²) >= 11 is 1.37. The van der Waals surface area contributed by atoms with Gasteiger partial charge in [0.25, 0.3) is 11.5 Å². The van der Waals surface area contributed by atoms with E-state index in [-0.39, 0.29) is 28.7 Å². The first kappa shape index (κ1) is 33.9. The number of carbonyl (C=O) groups excluding carboxylic acids is 2. The van der Waals surface area contributed by atoms with E-state index in [1.165, 1.54) is 15.7 Å². The van der Waals surface area contributed by atoms with Gasteiger partial charge in [-0.3, -0.25) is 24.1 Å². The second kappa shape index (κ2) is 13.7. The van der Waals surface area contributed by atoms with E-state index in [0.29, 0.717) is 59.6 Å². The van der Waals surface area contributed by atoms with Gasteiger partial charge in [0.2, 0.25) is 5.91 Å². The zero-order valence-corrected chi connectivity index (χ0v) is 29.0. The third kappa shape index (κ3) is 8.46. The number of nitrogens with one attached hydrogen (secondary N) is 2. The number of tetrazole rings is 1. The van der Waals surface area contributed by atoms with Crippen LogP contribution in [-0.4, -0.2) is 111 Å². The molecule has 250 valence electrons. The highest BCUT2D eigenvalue weighted by Gasteiger charge is 2.27. The van der Waals surface area contributed by atoms with Crippen LogP contribution in [0.1, 0.15) is 67.5 Å². The average molecular weight is 663 g/mol. The number of aromatic nitrogens is 7. The summed E-state index contributed by atoms with van der Waals surface area (Å²) in [4.78, 5) is 53.7. The minimum Gasteiger partial charge on any atom is -0.356 e. The predicted molar refractivity (Wildman–Crippen MR) is 183 cm³/mol. The fraction of sp³-hybridized carbons (Fsp3) is 0.500. The predicted octanol–water partition coefficient (Wildman–Crippen LogP) is 3.16. The maximum atomic E-state index is 13.9. The fourth-order valence-corrected chi connectivity index (χ4v) is 6.24. The van der Waals surface area contributed by atoms with Gasteiger partial charge in [-0.2, -0.15) is 5.21 Å². The third-order valence-corrected chi connectivity index (χ3v) is 8.93. The molecule has 1 fully saturated rings. The molecule has 0 bridgehead atoms. The minimum absolute atomic E-state index is 0.102. The molecule has 2 N–H and O–H groups in total. The van der Waals surface area contributed by atoms with Crippen molar-refractivity contribution in [2.45, 2.75) is 45.4 Å². The van der Waals surface area contributed by atoms with Crippen molar-refractivity contribution in [3.8, 4) is 0 Å². The number of rotatable bonds is 10. The van der Waals surface area contributed by atoms with E-state index in [4.69, 9.17) is 4.98 Å². The first-order chi connectivity index (χ1) is 22.2. The van der Waals surface area contributed by atoms with Gasteiger partial charge in [-0.1, -0.05) is 20.8 Å². The number of aromatic amines is 1. The standard InChI is InChI=1S/C32H43N11O3S/c1-32(2,3)24-20-47-31(33-24)35-29(45)22-12-14-42-26(18-22)34-28(23(30(42)46)10-11-25-36-38-39-37-25)41-13-8-9-21(19-41)17-27(44)40(4)15-16-43(5,6)7/h10-12,14,18,20-21H,8-9,13,15-17,19H2,1-7H3,(H-,33,35,36,37,38,39,45)/p+1. The van der Waals surface area contributed by atoms with Gasteiger partial charge in [0, 0.05) is 49.1 Å². The number of amides is 2. The van der Waals surface area contributed by atoms with Crippen molar-refractivity contribution < 1.29 is 14.1 Å². The van der Waals surface area contributed by atoms with Crippen molar-refractivity contribution in [1.29, 1.82) is 0 Å². The van der Waals surface area contributed by atoms with Gasteiger partial charge in [0.05, 0.1) is 45.5 Å². The van der Waals surface area contributed by atoms with Crippen LogP contribution in [0.5, 0.6) is 0 Å². The Morgan fingerprint density at radius 3 is 2.68 bits per heavy atom. The number of carbonyl (C=O) groups is 2. The Bertz CT molecular complexity index is 1820. The number of hydrogen-bond donors (Lipinski definition) is 2. The lowest BCUT2D eigenvalue weighted by Crippen LogP contribution is -2.44. The molecule has 4 aromatic heterocycles. The summed E-state index contributed by atoms with van der Waals surface area (Å²) in [5.74, 6) is 0.677. The smallest absolute Gasteiger partial charge is 0.267 e. The van der Waals surface area contributed by atoms with E-state index < -0.39 is 0 Å². The number of hydrogen-bond acceptors (Lipinski definition) is 10. The topological polar surface area (TPSA) is 154 Å². The summed E-state index contributed by atoms with van der Waals surface area (Å²) < 4.78 is 2.20. The van der Waals surface area contributed by atoms with Crippen molar-refractivity contribution in [3.05, 3.63) is 56.7 Å². The van der Waals surface area contributed by atoms with Crippen LogP contribution in [0, 0.1) is 5.92 Å². The van der Waals surface area contributed by atoms with Crippen LogP contribution < -0.4 is 15.8 Å². The highest BCUT2D eigenvalue weighted by molar-refractivity contribution is 7.14. The molecule has 0 spiro atoms. The number of nitrogens with zero attached hydrogens (tertiary/aromatic N) is 9. The van der Waals surface area contributed by atoms with Gasteiger partial charge in [-0.05, 0) is 48.3 Å². The van der Waals surface area contributed by atoms with Crippen LogP contribution >= 0.6 is 11.3 Å². The Morgan fingerprint density at radius 2 is 2.00 bits per heavy atom. The monoisotopic (exact) mass is 662 g/mol. The van der Waals surface area contributed by atoms with Gasteiger partial charge < -0.3 is 14.3 Å². The van der Waals surface area contributed by atoms with Crippen LogP contribution in [0.3, 0.4) is 0 Å². The number of piperidine rings is 1. The van der Waals surface area contributed by atoms with Crippen molar-refractivity contribution in [3.63, 3.8) is 0 Å². The highest BCUT2D eigenvalue weighted by atomic mass is 32.1. The highest BCUT2D eigenvalue weighted by Crippen LogP contribution is 2.28. The summed E-state index contributed by atoms with van der Waals surface area (Å²) in [6.45, 7) is 8.99. The van der Waals surface area contributed by atoms with Gasteiger partial charge in [0.1, 0.15) is 11.5 Å². The second-order valence-corrected chi connectivity index (χ2v) is 15.0. The molecular weight excluding hydrogens is 618 g/mol. The molecule has 1 unspecified atom stereocenters. The number of fused-ring (bicyclic) bond motifs is 1. The number of H-pyrrole nitrogens is 1. The molecule has 0 saturated carbocycles. The van der Waals surface area contributed by atoms with E-state index in [1.54, 1.807) is 30.5 Å². The van der Waals surface area contributed by atoms with Gasteiger partial charge in [-0.15, -0.1) is 21.5 Å². The van der Waals surface area contributed by atoms with Crippen LogP contribution in [-0.2, 0) is 10.2 Å². The van der Waals surface area contributed by atoms with Crippen LogP contribution in [0.2, 0.25) is 0 Å². The quantitative estimate of drug-likeness (QED) is 0.244. The Morgan fingerprint density at radius 1 is 1.21 bits per heavy atom. The van der Waals surface area contributed by atoms with Crippen molar-refractivity contribution in [1.82, 2.24) is 39.9 Å². The van der Waals surface area contributed by atoms with Gasteiger partial charge in [-0.25, -0.2) is 9.97 Å². The van der Waals surface area contributed by atoms with Gasteiger partial charge in [0.15, 0.2) is 11.0 Å². The summed E-state index contributed by atoms with van der Waals surface area (Å²) in [5.41, 5.74) is 1.50. The van der Waals surface area contributed by atoms with E-state index in [1.807, 2.05) is 17.3 Å². The minimum atomic E-state index is -0.342. The Hall–Kier alpha value is -4.50. The van der Waals surface area contributed by atoms with Crippen LogP contribution in [0.4, 0.5) is 10.9 Å². The van der Waals surface area contributed by atoms with Crippen molar-refractivity contribution in [2.75, 3.05) is 64.6 Å². The third-order valence-electron chi connectivity index (χ3n) is 8.18. The van der Waals surface area contributed by atoms with E-state index in [9.17, 15) is 14.4 Å². The first-order valence-electron chi connectivity index (χ1n) is 15.7. The van der Waals surface area contributed by atoms with E-state index >= 15 is 0 Å². The number of likely N-dealkylation sites (N-methyl/N-ethyl adjacent to an activating group) is 2. The van der Waals surface area contributed by atoms with Crippen molar-refractivity contribution in [2.24, 2.45) is 5.92 Å². The zero-order chi connectivity index (χ0) is 33.9. The average Bonchev–Trinajstić information content (AvgIpc) is 3.71. The fourth-order valence-electron chi connectivity index (χ4n) is 5.31. The lowest BCUT2D eigenvalue weighted by atomic mass is 9.93. The molecule has 15 heteroatoms. The van der Waals surface area contributed by atoms with E-state index in [2.05, 4.69) is 77.7 Å². The van der Waals surface area contributed by atoms with Crippen molar-refractivity contribution >= 4 is 51.9 Å². The molecule has 2 amide bonds. The Balaban J connectivity index is 1.43. The summed E-state index contributed by atoms with van der Waals surface area (Å²) in [5, 5.41) is 19.3. The summed E-state index contributed by atoms with van der Waals surface area (Å²) in [7, 11) is 8.19. The maximum absolute atomic E-state index is 13.9. The summed E-state index contributed by atoms with van der Waals surface area (Å²) in [6, 6.07) is 3.20. The molecule has 5 heterocycles. The normalized spacial score (nSPS) is 15.8. The molecule has 1 saturated heterocycles. The molecule has 14 nitrogen and oxygen atoms in total. The second-order valence-electron chi connectivity index (χ2n) is 14.1. The largest absolute Gasteiger partial charge is 0.356 e. The molecule has 0 aromatic carbocycles. The number of pyridine rings is 1. The maximum Gasteiger partial charge on any atom is 0.267 e. The molecule has 1 aliphatic rings. The Kier molecular flexibility index (Phi) is 9.86. The van der Waals surface area contributed by atoms with E-state index in [0.717, 1.165) is 29.6 Å². The zero-order valence-electron chi connectivity index (χ0n) is 28.1. The van der Waals surface area contributed by atoms with Crippen LogP contribution in [0.25, 0.3) is 17.8 Å². The number of quaternary nitrogens is 1. The number of anilines is 2. The van der Waals surface area contributed by atoms with Crippen LogP contribution in [0.15, 0.2) is 28.5 Å². The lowest BCUT2D eigenvalue weighted by molar-refractivity contribution is -0.869. The molecular formula is C32H44N11O3S+. The van der Waals surface area contributed by atoms with Gasteiger partial charge >= 0.3 is 0 Å². The lowest BCUT2D eigenvalue weighted by Gasteiger charge is -2.35. The summed E-state index contributed by atoms with van der Waals surface area (Å²) in [6.07, 6.45) is 6.98. The first-order valence-corrected chi connectivity index (χ1v) is 16.6.